The van der Waals surface area contributed by atoms with E-state index in [1.165, 1.54) is 11.3 Å². The van der Waals surface area contributed by atoms with E-state index in [1.807, 2.05) is 11.8 Å². The third-order valence-corrected chi connectivity index (χ3v) is 3.87. The normalized spacial score (nSPS) is 17.7. The van der Waals surface area contributed by atoms with Crippen molar-refractivity contribution in [3.63, 3.8) is 0 Å². The van der Waals surface area contributed by atoms with Crippen molar-refractivity contribution in [2.24, 2.45) is 0 Å². The lowest BCUT2D eigenvalue weighted by Crippen LogP contribution is -2.37. The molecule has 0 spiro atoms. The van der Waals surface area contributed by atoms with Gasteiger partial charge < -0.3 is 10.6 Å². The van der Waals surface area contributed by atoms with E-state index in [-0.39, 0.29) is 5.91 Å². The Labute approximate surface area is 98.7 Å². The number of nitrogen functional groups attached to an aromatic ring is 1. The van der Waals surface area contributed by atoms with Crippen LogP contribution in [0.2, 0.25) is 0 Å². The Balaban J connectivity index is 1.92. The van der Waals surface area contributed by atoms with Crippen molar-refractivity contribution in [3.05, 3.63) is 5.01 Å². The van der Waals surface area contributed by atoms with Gasteiger partial charge in [-0.2, -0.15) is 0 Å². The highest BCUT2D eigenvalue weighted by Crippen LogP contribution is 2.30. The first-order chi connectivity index (χ1) is 7.70. The van der Waals surface area contributed by atoms with E-state index in [4.69, 9.17) is 5.73 Å². The van der Waals surface area contributed by atoms with Crippen LogP contribution in [-0.2, 0) is 4.79 Å². The quantitative estimate of drug-likeness (QED) is 0.844. The highest BCUT2D eigenvalue weighted by Gasteiger charge is 2.25. The largest absolute Gasteiger partial charge is 0.374 e. The summed E-state index contributed by atoms with van der Waals surface area (Å²) in [6.45, 7) is 3.56. The average molecular weight is 240 g/mol. The maximum Gasteiger partial charge on any atom is 0.222 e. The zero-order valence-electron chi connectivity index (χ0n) is 9.35. The summed E-state index contributed by atoms with van der Waals surface area (Å²) in [7, 11) is 0. The summed E-state index contributed by atoms with van der Waals surface area (Å²) >= 11 is 1.46. The minimum absolute atomic E-state index is 0.246. The molecular formula is C10H16N4OS. The average Bonchev–Trinajstić information content (AvgIpc) is 2.75. The van der Waals surface area contributed by atoms with Gasteiger partial charge in [0.05, 0.1) is 0 Å². The van der Waals surface area contributed by atoms with Gasteiger partial charge in [0, 0.05) is 25.4 Å². The van der Waals surface area contributed by atoms with Gasteiger partial charge in [-0.05, 0) is 12.8 Å². The van der Waals surface area contributed by atoms with E-state index in [1.54, 1.807) is 0 Å². The van der Waals surface area contributed by atoms with E-state index in [0.29, 0.717) is 17.5 Å². The maximum absolute atomic E-state index is 11.5. The van der Waals surface area contributed by atoms with Crippen LogP contribution in [0.4, 0.5) is 5.13 Å². The Morgan fingerprint density at radius 2 is 2.19 bits per heavy atom. The number of carbonyl (C=O) groups excluding carboxylic acids is 1. The van der Waals surface area contributed by atoms with Crippen molar-refractivity contribution in [1.29, 1.82) is 0 Å². The molecule has 1 aromatic heterocycles. The minimum Gasteiger partial charge on any atom is -0.374 e. The fourth-order valence-corrected chi connectivity index (χ4v) is 2.79. The molecule has 1 aliphatic heterocycles. The first kappa shape index (κ1) is 11.3. The van der Waals surface area contributed by atoms with Crippen molar-refractivity contribution < 1.29 is 4.79 Å². The molecule has 16 heavy (non-hydrogen) atoms. The number of hydrogen-bond acceptors (Lipinski definition) is 5. The predicted molar refractivity (Wildman–Crippen MR) is 63.2 cm³/mol. The number of nitrogens with two attached hydrogens (primary N) is 1. The Morgan fingerprint density at radius 3 is 2.69 bits per heavy atom. The van der Waals surface area contributed by atoms with Crippen LogP contribution in [0.3, 0.4) is 0 Å². The molecule has 5 nitrogen and oxygen atoms in total. The van der Waals surface area contributed by atoms with E-state index in [0.717, 1.165) is 30.9 Å². The molecule has 0 saturated carbocycles. The molecule has 88 valence electrons. The third kappa shape index (κ3) is 2.32. The molecule has 1 fully saturated rings. The molecule has 1 amide bonds. The van der Waals surface area contributed by atoms with Crippen molar-refractivity contribution in [2.75, 3.05) is 18.8 Å². The minimum atomic E-state index is 0.246. The highest BCUT2D eigenvalue weighted by atomic mass is 32.1. The molecular weight excluding hydrogens is 224 g/mol. The first-order valence-electron chi connectivity index (χ1n) is 5.57. The van der Waals surface area contributed by atoms with Crippen molar-refractivity contribution >= 4 is 22.4 Å². The summed E-state index contributed by atoms with van der Waals surface area (Å²) in [6.07, 6.45) is 2.54. The van der Waals surface area contributed by atoms with Crippen LogP contribution in [0.15, 0.2) is 0 Å². The van der Waals surface area contributed by atoms with Crippen LogP contribution in [0.1, 0.15) is 37.1 Å². The lowest BCUT2D eigenvalue weighted by atomic mass is 9.97. The molecule has 6 heteroatoms. The molecule has 2 rings (SSSR count). The van der Waals surface area contributed by atoms with Crippen LogP contribution in [0, 0.1) is 0 Å². The SMILES string of the molecule is CCC(=O)N1CCC(c2nnc(N)s2)CC1. The Bertz CT molecular complexity index is 371. The lowest BCUT2D eigenvalue weighted by Gasteiger charge is -2.30. The van der Waals surface area contributed by atoms with Gasteiger partial charge in [-0.3, -0.25) is 4.79 Å². The van der Waals surface area contributed by atoms with Crippen molar-refractivity contribution in [2.45, 2.75) is 32.1 Å². The van der Waals surface area contributed by atoms with Gasteiger partial charge in [-0.1, -0.05) is 18.3 Å². The summed E-state index contributed by atoms with van der Waals surface area (Å²) in [5, 5.41) is 9.44. The fourth-order valence-electron chi connectivity index (χ4n) is 2.01. The molecule has 0 radical (unpaired) electrons. The Hall–Kier alpha value is -1.17. The highest BCUT2D eigenvalue weighted by molar-refractivity contribution is 7.15. The topological polar surface area (TPSA) is 72.1 Å². The lowest BCUT2D eigenvalue weighted by molar-refractivity contribution is -0.131. The van der Waals surface area contributed by atoms with Crippen molar-refractivity contribution in [3.8, 4) is 0 Å². The first-order valence-corrected chi connectivity index (χ1v) is 6.39. The standard InChI is InChI=1S/C10H16N4OS/c1-2-8(15)14-5-3-7(4-6-14)9-12-13-10(11)16-9/h7H,2-6H2,1H3,(H2,11,13). The zero-order chi connectivity index (χ0) is 11.5. The number of piperidine rings is 1. The molecule has 0 atom stereocenters. The second-order valence-corrected chi connectivity index (χ2v) is 5.03. The number of amides is 1. The van der Waals surface area contributed by atoms with Gasteiger partial charge in [0.15, 0.2) is 0 Å². The van der Waals surface area contributed by atoms with Crippen molar-refractivity contribution in [1.82, 2.24) is 15.1 Å². The van der Waals surface area contributed by atoms with Crippen LogP contribution in [-0.4, -0.2) is 34.1 Å². The number of rotatable bonds is 2. The number of likely N-dealkylation sites (tertiary alicyclic amines) is 1. The molecule has 1 aromatic rings. The van der Waals surface area contributed by atoms with E-state index < -0.39 is 0 Å². The molecule has 0 unspecified atom stereocenters. The third-order valence-electron chi connectivity index (χ3n) is 2.96. The molecule has 2 heterocycles. The molecule has 1 saturated heterocycles. The second kappa shape index (κ2) is 4.78. The van der Waals surface area contributed by atoms with E-state index >= 15 is 0 Å². The number of nitrogens with zero attached hydrogens (tertiary/aromatic N) is 3. The fraction of sp³-hybridized carbons (Fsp3) is 0.700. The monoisotopic (exact) mass is 240 g/mol. The zero-order valence-corrected chi connectivity index (χ0v) is 10.2. The predicted octanol–water partition coefficient (Wildman–Crippen LogP) is 1.24. The molecule has 0 aromatic carbocycles. The second-order valence-electron chi connectivity index (χ2n) is 3.99. The molecule has 1 aliphatic rings. The van der Waals surface area contributed by atoms with Gasteiger partial charge in [0.1, 0.15) is 5.01 Å². The molecule has 2 N–H and O–H groups in total. The summed E-state index contributed by atoms with van der Waals surface area (Å²) in [5.41, 5.74) is 5.56. The summed E-state index contributed by atoms with van der Waals surface area (Å²) in [4.78, 5) is 13.4. The number of aromatic nitrogens is 2. The van der Waals surface area contributed by atoms with Gasteiger partial charge in [-0.15, -0.1) is 10.2 Å². The summed E-state index contributed by atoms with van der Waals surface area (Å²) in [5.74, 6) is 0.672. The molecule has 0 aliphatic carbocycles. The maximum atomic E-state index is 11.5. The van der Waals surface area contributed by atoms with E-state index in [2.05, 4.69) is 10.2 Å². The van der Waals surface area contributed by atoms with Gasteiger partial charge >= 0.3 is 0 Å². The van der Waals surface area contributed by atoms with Crippen LogP contribution < -0.4 is 5.73 Å². The number of hydrogen-bond donors (Lipinski definition) is 1. The van der Waals surface area contributed by atoms with Crippen LogP contribution in [0.5, 0.6) is 0 Å². The smallest absolute Gasteiger partial charge is 0.222 e. The number of carbonyl (C=O) groups is 1. The number of anilines is 1. The van der Waals surface area contributed by atoms with Gasteiger partial charge in [-0.25, -0.2) is 0 Å². The van der Waals surface area contributed by atoms with E-state index in [9.17, 15) is 4.79 Å². The van der Waals surface area contributed by atoms with Gasteiger partial charge in [0.2, 0.25) is 11.0 Å². The molecule has 0 bridgehead atoms. The summed E-state index contributed by atoms with van der Waals surface area (Å²) in [6, 6.07) is 0. The summed E-state index contributed by atoms with van der Waals surface area (Å²) < 4.78 is 0. The Morgan fingerprint density at radius 1 is 1.50 bits per heavy atom. The van der Waals surface area contributed by atoms with Gasteiger partial charge in [0.25, 0.3) is 0 Å². The van der Waals surface area contributed by atoms with Crippen LogP contribution in [0.25, 0.3) is 0 Å². The van der Waals surface area contributed by atoms with Crippen LogP contribution >= 0.6 is 11.3 Å². The Kier molecular flexibility index (Phi) is 3.38.